The number of likely N-dealkylation sites (N-methyl/N-ethyl adjacent to an activating group) is 2. The van der Waals surface area contributed by atoms with E-state index in [-0.39, 0.29) is 12.1 Å². The molecule has 1 atom stereocenters. The van der Waals surface area contributed by atoms with Crippen LogP contribution in [0.2, 0.25) is 0 Å². The van der Waals surface area contributed by atoms with Gasteiger partial charge in [-0.3, -0.25) is 0 Å². The van der Waals surface area contributed by atoms with Crippen molar-refractivity contribution in [3.63, 3.8) is 0 Å². The van der Waals surface area contributed by atoms with Crippen molar-refractivity contribution < 1.29 is 13.9 Å². The number of benzene rings is 1. The average Bonchev–Trinajstić information content (AvgIpc) is 3.12. The van der Waals surface area contributed by atoms with E-state index in [9.17, 15) is 4.79 Å². The third-order valence-corrected chi connectivity index (χ3v) is 4.15. The number of furan rings is 1. The number of carbonyl (C=O) groups excluding carboxylic acids is 1. The van der Waals surface area contributed by atoms with Gasteiger partial charge in [-0.25, -0.2) is 4.79 Å². The number of carbonyl (C=O) groups is 1. The zero-order chi connectivity index (χ0) is 16.9. The number of hydrogen-bond acceptors (Lipinski definition) is 4. The van der Waals surface area contributed by atoms with Crippen LogP contribution in [0.4, 0.5) is 10.5 Å². The molecule has 0 unspecified atom stereocenters. The number of hydrogen-bond donors (Lipinski definition) is 1. The van der Waals surface area contributed by atoms with Gasteiger partial charge in [0.05, 0.1) is 31.3 Å². The fraction of sp³-hybridized carbons (Fsp3) is 0.389. The largest absolute Gasteiger partial charge is 0.485 e. The Morgan fingerprint density at radius 1 is 1.38 bits per heavy atom. The monoisotopic (exact) mass is 329 g/mol. The number of amides is 2. The highest BCUT2D eigenvalue weighted by atomic mass is 16.5. The number of nitrogens with one attached hydrogen (secondary N) is 1. The quantitative estimate of drug-likeness (QED) is 0.916. The second-order valence-corrected chi connectivity index (χ2v) is 5.92. The maximum absolute atomic E-state index is 12.2. The van der Waals surface area contributed by atoms with Crippen LogP contribution in [0, 0.1) is 0 Å². The molecule has 128 valence electrons. The molecule has 1 aromatic heterocycles. The summed E-state index contributed by atoms with van der Waals surface area (Å²) in [6.45, 7) is 4.79. The normalized spacial score (nSPS) is 16.2. The minimum Gasteiger partial charge on any atom is -0.485 e. The van der Waals surface area contributed by atoms with Crippen LogP contribution >= 0.6 is 0 Å². The summed E-state index contributed by atoms with van der Waals surface area (Å²) in [6.07, 6.45) is 3.17. The third-order valence-electron chi connectivity index (χ3n) is 4.15. The number of rotatable bonds is 5. The first-order valence-corrected chi connectivity index (χ1v) is 8.18. The first kappa shape index (κ1) is 16.2. The first-order chi connectivity index (χ1) is 11.7. The first-order valence-electron chi connectivity index (χ1n) is 8.18. The van der Waals surface area contributed by atoms with Crippen molar-refractivity contribution in [3.05, 3.63) is 48.4 Å². The fourth-order valence-corrected chi connectivity index (χ4v) is 2.87. The molecule has 6 nitrogen and oxygen atoms in total. The second kappa shape index (κ2) is 7.29. The van der Waals surface area contributed by atoms with Gasteiger partial charge in [0.1, 0.15) is 11.9 Å². The lowest BCUT2D eigenvalue weighted by Crippen LogP contribution is -2.48. The lowest BCUT2D eigenvalue weighted by atomic mass is 10.2. The molecule has 24 heavy (non-hydrogen) atoms. The SMILES string of the molecule is CCN1C[C@@H](CN(C)C(=O)NCc2ccoc2)Oc2ccccc21. The molecule has 0 bridgehead atoms. The highest BCUT2D eigenvalue weighted by Crippen LogP contribution is 2.32. The minimum absolute atomic E-state index is 0.0514. The summed E-state index contributed by atoms with van der Waals surface area (Å²) in [5.74, 6) is 0.878. The number of nitrogens with zero attached hydrogens (tertiary/aromatic N) is 2. The fourth-order valence-electron chi connectivity index (χ4n) is 2.87. The van der Waals surface area contributed by atoms with E-state index in [1.165, 1.54) is 0 Å². The minimum atomic E-state index is -0.123. The van der Waals surface area contributed by atoms with Crippen molar-refractivity contribution in [2.75, 3.05) is 31.6 Å². The van der Waals surface area contributed by atoms with Crippen LogP contribution in [0.5, 0.6) is 5.75 Å². The molecule has 0 aliphatic carbocycles. The number of anilines is 1. The van der Waals surface area contributed by atoms with Gasteiger partial charge in [-0.1, -0.05) is 12.1 Å². The van der Waals surface area contributed by atoms with Crippen LogP contribution in [0.1, 0.15) is 12.5 Å². The van der Waals surface area contributed by atoms with Crippen molar-refractivity contribution in [1.82, 2.24) is 10.2 Å². The van der Waals surface area contributed by atoms with Gasteiger partial charge in [0.15, 0.2) is 0 Å². The predicted octanol–water partition coefficient (Wildman–Crippen LogP) is 2.71. The summed E-state index contributed by atoms with van der Waals surface area (Å²) in [6, 6.07) is 9.73. The summed E-state index contributed by atoms with van der Waals surface area (Å²) >= 11 is 0. The van der Waals surface area contributed by atoms with Gasteiger partial charge in [0.25, 0.3) is 0 Å². The van der Waals surface area contributed by atoms with Crippen LogP contribution in [-0.4, -0.2) is 43.7 Å². The Morgan fingerprint density at radius 2 is 2.21 bits per heavy atom. The molecule has 2 heterocycles. The van der Waals surface area contributed by atoms with E-state index in [1.807, 2.05) is 24.3 Å². The molecule has 1 aromatic carbocycles. The zero-order valence-corrected chi connectivity index (χ0v) is 14.1. The number of fused-ring (bicyclic) bond motifs is 1. The molecule has 3 rings (SSSR count). The topological polar surface area (TPSA) is 58.0 Å². The third kappa shape index (κ3) is 3.64. The molecule has 1 aliphatic rings. The molecular formula is C18H23N3O3. The smallest absolute Gasteiger partial charge is 0.317 e. The van der Waals surface area contributed by atoms with Crippen LogP contribution in [0.3, 0.4) is 0 Å². The standard InChI is InChI=1S/C18H23N3O3/c1-3-21-12-15(24-17-7-5-4-6-16(17)21)11-20(2)18(22)19-10-14-8-9-23-13-14/h4-9,13,15H,3,10-12H2,1-2H3,(H,19,22)/t15-/m1/s1. The Bertz CT molecular complexity index is 672. The summed E-state index contributed by atoms with van der Waals surface area (Å²) in [7, 11) is 1.78. The molecule has 1 N–H and O–H groups in total. The highest BCUT2D eigenvalue weighted by molar-refractivity contribution is 5.74. The molecule has 0 spiro atoms. The lowest BCUT2D eigenvalue weighted by Gasteiger charge is -2.37. The van der Waals surface area contributed by atoms with Crippen molar-refractivity contribution in [3.8, 4) is 5.75 Å². The zero-order valence-electron chi connectivity index (χ0n) is 14.1. The predicted molar refractivity (Wildman–Crippen MR) is 92.3 cm³/mol. The molecule has 1 aliphatic heterocycles. The Kier molecular flexibility index (Phi) is 4.93. The molecule has 0 saturated heterocycles. The molecule has 0 fully saturated rings. The van der Waals surface area contributed by atoms with E-state index in [0.29, 0.717) is 13.1 Å². The van der Waals surface area contributed by atoms with E-state index in [0.717, 1.165) is 30.1 Å². The van der Waals surface area contributed by atoms with Gasteiger partial charge in [0, 0.05) is 25.7 Å². The molecule has 2 amide bonds. The van der Waals surface area contributed by atoms with Gasteiger partial charge < -0.3 is 24.3 Å². The van der Waals surface area contributed by atoms with Gasteiger partial charge >= 0.3 is 6.03 Å². The van der Waals surface area contributed by atoms with Crippen LogP contribution in [-0.2, 0) is 6.54 Å². The van der Waals surface area contributed by atoms with Gasteiger partial charge in [-0.2, -0.15) is 0 Å². The van der Waals surface area contributed by atoms with Gasteiger partial charge in [-0.05, 0) is 25.1 Å². The van der Waals surface area contributed by atoms with E-state index < -0.39 is 0 Å². The Morgan fingerprint density at radius 3 is 2.96 bits per heavy atom. The number of para-hydroxylation sites is 2. The maximum atomic E-state index is 12.2. The lowest BCUT2D eigenvalue weighted by molar-refractivity contribution is 0.145. The van der Waals surface area contributed by atoms with Gasteiger partial charge in [0.2, 0.25) is 0 Å². The van der Waals surface area contributed by atoms with Crippen molar-refractivity contribution in [2.45, 2.75) is 19.6 Å². The van der Waals surface area contributed by atoms with E-state index in [2.05, 4.69) is 23.2 Å². The molecule has 6 heteroatoms. The number of ether oxygens (including phenoxy) is 1. The van der Waals surface area contributed by atoms with Crippen LogP contribution < -0.4 is 15.0 Å². The highest BCUT2D eigenvalue weighted by Gasteiger charge is 2.26. The molecule has 0 radical (unpaired) electrons. The summed E-state index contributed by atoms with van der Waals surface area (Å²) in [5, 5.41) is 2.88. The van der Waals surface area contributed by atoms with Crippen molar-refractivity contribution in [1.29, 1.82) is 0 Å². The summed E-state index contributed by atoms with van der Waals surface area (Å²) in [4.78, 5) is 16.2. The Balaban J connectivity index is 1.56. The van der Waals surface area contributed by atoms with E-state index in [1.54, 1.807) is 24.5 Å². The molecular weight excluding hydrogens is 306 g/mol. The molecule has 0 saturated carbocycles. The summed E-state index contributed by atoms with van der Waals surface area (Å²) in [5.41, 5.74) is 2.06. The Hall–Kier alpha value is -2.63. The second-order valence-electron chi connectivity index (χ2n) is 5.92. The van der Waals surface area contributed by atoms with E-state index in [4.69, 9.17) is 9.15 Å². The van der Waals surface area contributed by atoms with Gasteiger partial charge in [-0.15, -0.1) is 0 Å². The number of urea groups is 1. The van der Waals surface area contributed by atoms with E-state index >= 15 is 0 Å². The van der Waals surface area contributed by atoms with Crippen LogP contribution in [0.25, 0.3) is 0 Å². The van der Waals surface area contributed by atoms with Crippen molar-refractivity contribution in [2.24, 2.45) is 0 Å². The summed E-state index contributed by atoms with van der Waals surface area (Å²) < 4.78 is 11.1. The Labute approximate surface area is 142 Å². The molecule has 2 aromatic rings. The van der Waals surface area contributed by atoms with Crippen LogP contribution in [0.15, 0.2) is 47.3 Å². The van der Waals surface area contributed by atoms with Crippen molar-refractivity contribution >= 4 is 11.7 Å². The maximum Gasteiger partial charge on any atom is 0.317 e. The average molecular weight is 329 g/mol.